The molecule has 0 bridgehead atoms. The average molecular weight is 797 g/mol. The molecule has 1 unspecified atom stereocenters. The van der Waals surface area contributed by atoms with Crippen molar-refractivity contribution in [2.75, 3.05) is 0 Å². The van der Waals surface area contributed by atoms with Crippen LogP contribution in [0.5, 0.6) is 0 Å². The minimum Gasteiger partial charge on any atom is -1.00 e. The third kappa shape index (κ3) is 12.3. The zero-order valence-electron chi connectivity index (χ0n) is 33.1. The van der Waals surface area contributed by atoms with Crippen molar-refractivity contribution < 1.29 is 49.0 Å². The van der Waals surface area contributed by atoms with Gasteiger partial charge in [-0.15, -0.1) is 39.7 Å². The molecule has 1 aliphatic rings. The Morgan fingerprint density at radius 2 is 1.04 bits per heavy atom. The summed E-state index contributed by atoms with van der Waals surface area (Å²) >= 11 is 1.46. The minimum atomic E-state index is 0. The van der Waals surface area contributed by atoms with Crippen LogP contribution in [0.4, 0.5) is 0 Å². The van der Waals surface area contributed by atoms with E-state index in [1.54, 1.807) is 0 Å². The molecule has 0 fully saturated rings. The Morgan fingerprint density at radius 3 is 1.37 bits per heavy atom. The summed E-state index contributed by atoms with van der Waals surface area (Å²) in [5.41, 5.74) is 10.3. The van der Waals surface area contributed by atoms with Crippen molar-refractivity contribution in [3.63, 3.8) is 0 Å². The molecule has 0 aliphatic heterocycles. The van der Waals surface area contributed by atoms with Gasteiger partial charge in [-0.25, -0.2) is 6.08 Å². The van der Waals surface area contributed by atoms with Crippen LogP contribution >= 0.6 is 0 Å². The van der Waals surface area contributed by atoms with Crippen LogP contribution in [0, 0.1) is 31.3 Å². The zero-order chi connectivity index (χ0) is 36.1. The molecule has 0 heterocycles. The number of rotatable bonds is 4. The second-order valence-corrected chi connectivity index (χ2v) is 18.2. The van der Waals surface area contributed by atoms with E-state index in [4.69, 9.17) is 0 Å². The van der Waals surface area contributed by atoms with E-state index in [-0.39, 0.29) is 35.6 Å². The van der Waals surface area contributed by atoms with E-state index in [9.17, 15) is 0 Å². The monoisotopic (exact) mass is 794 g/mol. The van der Waals surface area contributed by atoms with Crippen molar-refractivity contribution in [1.82, 2.24) is 0 Å². The van der Waals surface area contributed by atoms with Crippen molar-refractivity contribution >= 4 is 24.8 Å². The maximum Gasteiger partial charge on any atom is -1.00 e. The van der Waals surface area contributed by atoms with Crippen molar-refractivity contribution in [2.24, 2.45) is 11.3 Å². The van der Waals surface area contributed by atoms with Gasteiger partial charge in [0.25, 0.3) is 0 Å². The molecular formula is C48H58Cl2Zr-2. The van der Waals surface area contributed by atoms with Crippen LogP contribution in [0.1, 0.15) is 115 Å². The SMILES string of the molecule is CC(C)(C)c1ccc2c(c1)[cH-]c1cc(C(C)(C)C)ccc12.CCCC1[C-]=CC(C(C)(C)C)=C1.Cc1ccc([C](=[Zr+2])c2ccc(C)cc2)cc1.[Cl-].[Cl-]. The molecule has 3 heteroatoms. The number of halogens is 2. The fourth-order valence-electron chi connectivity index (χ4n) is 6.02. The van der Waals surface area contributed by atoms with Gasteiger partial charge in [-0.1, -0.05) is 129 Å². The Hall–Kier alpha value is -2.44. The van der Waals surface area contributed by atoms with Crippen LogP contribution in [-0.4, -0.2) is 3.21 Å². The van der Waals surface area contributed by atoms with Gasteiger partial charge in [0.05, 0.1) is 0 Å². The minimum absolute atomic E-state index is 0. The van der Waals surface area contributed by atoms with Gasteiger partial charge in [0.2, 0.25) is 0 Å². The summed E-state index contributed by atoms with van der Waals surface area (Å²) in [5.74, 6) is 0.587. The Morgan fingerprint density at radius 1 is 0.627 bits per heavy atom. The summed E-state index contributed by atoms with van der Waals surface area (Å²) in [6, 6.07) is 33.7. The summed E-state index contributed by atoms with van der Waals surface area (Å²) in [4.78, 5) is 0. The van der Waals surface area contributed by atoms with Crippen molar-refractivity contribution in [1.29, 1.82) is 0 Å². The molecule has 5 aromatic rings. The van der Waals surface area contributed by atoms with Gasteiger partial charge >= 0.3 is 112 Å². The smallest absolute Gasteiger partial charge is 1.00 e. The Bertz CT molecular complexity index is 1810. The molecule has 270 valence electrons. The number of aryl methyl sites for hydroxylation is 2. The average Bonchev–Trinajstić information content (AvgIpc) is 3.66. The molecule has 5 aromatic carbocycles. The topological polar surface area (TPSA) is 0 Å². The number of hydrogen-bond acceptors (Lipinski definition) is 0. The second kappa shape index (κ2) is 18.5. The number of fused-ring (bicyclic) bond motifs is 3. The standard InChI is InChI=1S/C21H25.C15H14.C12H19.2ClH.Zr/c1-20(2,3)16-7-9-18-14(12-16)11-15-13-17(21(4,5)6)8-10-19(15)18;1-12-3-7-14(8-4-12)11-15-9-5-13(2)6-10-15;1-5-6-10-7-8-11(9-10)12(2,3)4;;;/h7-13H,1-6H3;3-10H,1-2H3;8-10H,5-6H2,1-4H3;2*1H;/q-1;;-1;;;+2/p-2. The molecular weight excluding hydrogens is 739 g/mol. The Balaban J connectivity index is 0.000000270. The van der Waals surface area contributed by atoms with E-state index in [0.717, 1.165) is 0 Å². The quantitative estimate of drug-likeness (QED) is 0.166. The van der Waals surface area contributed by atoms with Gasteiger partial charge in [0, 0.05) is 0 Å². The van der Waals surface area contributed by atoms with Crippen LogP contribution in [0.15, 0.2) is 109 Å². The molecule has 0 aromatic heterocycles. The number of allylic oxidation sites excluding steroid dienone is 4. The van der Waals surface area contributed by atoms with Crippen molar-refractivity contribution in [2.45, 2.75) is 107 Å². The summed E-state index contributed by atoms with van der Waals surface area (Å²) in [6.07, 6.45) is 10.4. The van der Waals surface area contributed by atoms with Crippen molar-refractivity contribution in [3.05, 3.63) is 148 Å². The predicted octanol–water partition coefficient (Wildman–Crippen LogP) is 7.48. The maximum absolute atomic E-state index is 3.40. The first-order chi connectivity index (χ1) is 22.9. The first kappa shape index (κ1) is 44.7. The molecule has 0 spiro atoms. The summed E-state index contributed by atoms with van der Waals surface area (Å²) in [6.45, 7) is 26.9. The zero-order valence-corrected chi connectivity index (χ0v) is 37.0. The molecule has 0 saturated heterocycles. The van der Waals surface area contributed by atoms with Gasteiger partial charge in [0.1, 0.15) is 0 Å². The molecule has 6 rings (SSSR count). The predicted molar refractivity (Wildman–Crippen MR) is 214 cm³/mol. The fraction of sp³-hybridized carbons (Fsp3) is 0.375. The van der Waals surface area contributed by atoms with Gasteiger partial charge in [-0.3, -0.25) is 6.08 Å². The van der Waals surface area contributed by atoms with Gasteiger partial charge in [-0.2, -0.15) is 11.6 Å². The summed E-state index contributed by atoms with van der Waals surface area (Å²) in [7, 11) is 0. The molecule has 0 amide bonds. The molecule has 0 N–H and O–H groups in total. The van der Waals surface area contributed by atoms with E-state index in [1.807, 2.05) is 0 Å². The van der Waals surface area contributed by atoms with Gasteiger partial charge < -0.3 is 24.8 Å². The van der Waals surface area contributed by atoms with Crippen LogP contribution in [-0.2, 0) is 35.1 Å². The van der Waals surface area contributed by atoms with Gasteiger partial charge in [-0.05, 0) is 10.8 Å². The fourth-order valence-corrected chi connectivity index (χ4v) is 6.84. The van der Waals surface area contributed by atoms with E-state index < -0.39 is 0 Å². The Kier molecular flexibility index (Phi) is 16.3. The molecule has 1 aliphatic carbocycles. The summed E-state index contributed by atoms with van der Waals surface area (Å²) < 4.78 is 1.42. The van der Waals surface area contributed by atoms with Crippen LogP contribution in [0.2, 0.25) is 0 Å². The molecule has 0 saturated carbocycles. The Labute approximate surface area is 337 Å². The molecule has 1 atom stereocenters. The largest absolute Gasteiger partial charge is 1.00 e. The van der Waals surface area contributed by atoms with Gasteiger partial charge in [0.15, 0.2) is 0 Å². The van der Waals surface area contributed by atoms with Crippen LogP contribution in [0.25, 0.3) is 21.5 Å². The molecule has 51 heavy (non-hydrogen) atoms. The van der Waals surface area contributed by atoms with E-state index in [2.05, 4.69) is 192 Å². The molecule has 0 radical (unpaired) electrons. The van der Waals surface area contributed by atoms with Crippen LogP contribution in [0.3, 0.4) is 0 Å². The van der Waals surface area contributed by atoms with E-state index in [0.29, 0.717) is 11.3 Å². The van der Waals surface area contributed by atoms with Crippen molar-refractivity contribution in [3.8, 4) is 0 Å². The number of benzene rings is 4. The third-order valence-corrected chi connectivity index (χ3v) is 10.8. The second-order valence-electron chi connectivity index (χ2n) is 16.9. The number of hydrogen-bond donors (Lipinski definition) is 0. The summed E-state index contributed by atoms with van der Waals surface area (Å²) in [5, 5.41) is 5.48. The van der Waals surface area contributed by atoms with E-state index >= 15 is 0 Å². The normalized spacial score (nSPS) is 14.1. The van der Waals surface area contributed by atoms with Crippen LogP contribution < -0.4 is 24.8 Å². The third-order valence-electron chi connectivity index (χ3n) is 9.42. The molecule has 0 nitrogen and oxygen atoms in total. The van der Waals surface area contributed by atoms with E-state index in [1.165, 1.54) is 101 Å². The first-order valence-corrected chi connectivity index (χ1v) is 19.3. The first-order valence-electron chi connectivity index (χ1n) is 18.0. The maximum atomic E-state index is 3.40.